The van der Waals surface area contributed by atoms with Crippen LogP contribution in [-0.2, 0) is 6.54 Å². The van der Waals surface area contributed by atoms with Crippen LogP contribution in [0, 0.1) is 0 Å². The first kappa shape index (κ1) is 15.7. The number of nitrogens with zero attached hydrogens (tertiary/aromatic N) is 1. The van der Waals surface area contributed by atoms with Crippen LogP contribution in [0.5, 0.6) is 0 Å². The van der Waals surface area contributed by atoms with Gasteiger partial charge in [0.05, 0.1) is 0 Å². The molecule has 1 heterocycles. The van der Waals surface area contributed by atoms with E-state index in [0.717, 1.165) is 24.1 Å². The van der Waals surface area contributed by atoms with Crippen molar-refractivity contribution in [3.8, 4) is 0 Å². The highest BCUT2D eigenvalue weighted by atomic mass is 79.9. The Morgan fingerprint density at radius 3 is 2.65 bits per heavy atom. The molecule has 0 aliphatic rings. The van der Waals surface area contributed by atoms with Crippen molar-refractivity contribution in [2.75, 3.05) is 20.1 Å². The molecule has 0 fully saturated rings. The molecule has 1 aromatic carbocycles. The molecule has 20 heavy (non-hydrogen) atoms. The predicted molar refractivity (Wildman–Crippen MR) is 91.2 cm³/mol. The van der Waals surface area contributed by atoms with E-state index in [0.29, 0.717) is 6.04 Å². The highest BCUT2D eigenvalue weighted by Gasteiger charge is 2.06. The van der Waals surface area contributed by atoms with Crippen LogP contribution in [0.25, 0.3) is 0 Å². The van der Waals surface area contributed by atoms with Gasteiger partial charge in [0.2, 0.25) is 0 Å². The van der Waals surface area contributed by atoms with Crippen molar-refractivity contribution in [2.24, 2.45) is 0 Å². The summed E-state index contributed by atoms with van der Waals surface area (Å²) < 4.78 is 1.13. The fraction of sp³-hybridized carbons (Fsp3) is 0.375. The van der Waals surface area contributed by atoms with Crippen LogP contribution in [-0.4, -0.2) is 25.0 Å². The van der Waals surface area contributed by atoms with Crippen molar-refractivity contribution < 1.29 is 0 Å². The number of hydrogen-bond donors (Lipinski definition) is 1. The standard InChI is InChI=1S/C16H21BrN2S/c1-13(16-4-3-11-20-16)18-9-10-19(2)12-14-5-7-15(17)8-6-14/h3-8,11,13,18H,9-10,12H2,1-2H3. The van der Waals surface area contributed by atoms with Crippen molar-refractivity contribution >= 4 is 27.3 Å². The van der Waals surface area contributed by atoms with Gasteiger partial charge in [-0.15, -0.1) is 11.3 Å². The molecule has 2 nitrogen and oxygen atoms in total. The predicted octanol–water partition coefficient (Wildman–Crippen LogP) is 4.29. The van der Waals surface area contributed by atoms with Gasteiger partial charge >= 0.3 is 0 Å². The fourth-order valence-electron chi connectivity index (χ4n) is 2.09. The maximum atomic E-state index is 3.57. The zero-order valence-corrected chi connectivity index (χ0v) is 14.4. The summed E-state index contributed by atoms with van der Waals surface area (Å²) in [6.45, 7) is 5.26. The zero-order chi connectivity index (χ0) is 14.4. The summed E-state index contributed by atoms with van der Waals surface area (Å²) in [5.74, 6) is 0. The van der Waals surface area contributed by atoms with Crippen LogP contribution < -0.4 is 5.32 Å². The molecule has 1 atom stereocenters. The van der Waals surface area contributed by atoms with E-state index < -0.39 is 0 Å². The van der Waals surface area contributed by atoms with Crippen LogP contribution in [0.15, 0.2) is 46.3 Å². The van der Waals surface area contributed by atoms with Gasteiger partial charge in [0.25, 0.3) is 0 Å². The molecule has 0 radical (unpaired) electrons. The van der Waals surface area contributed by atoms with Gasteiger partial charge in [-0.3, -0.25) is 0 Å². The van der Waals surface area contributed by atoms with E-state index in [1.807, 2.05) is 11.3 Å². The molecular weight excluding hydrogens is 332 g/mol. The van der Waals surface area contributed by atoms with Crippen molar-refractivity contribution in [3.05, 3.63) is 56.7 Å². The van der Waals surface area contributed by atoms with Crippen LogP contribution in [0.4, 0.5) is 0 Å². The molecule has 1 aromatic heterocycles. The number of nitrogens with one attached hydrogen (secondary N) is 1. The largest absolute Gasteiger partial charge is 0.308 e. The Labute approximate surface area is 133 Å². The molecule has 0 spiro atoms. The average molecular weight is 353 g/mol. The van der Waals surface area contributed by atoms with Crippen molar-refractivity contribution in [3.63, 3.8) is 0 Å². The normalized spacial score (nSPS) is 12.8. The van der Waals surface area contributed by atoms with Crippen molar-refractivity contribution in [1.82, 2.24) is 10.2 Å². The smallest absolute Gasteiger partial charge is 0.0386 e. The zero-order valence-electron chi connectivity index (χ0n) is 12.0. The first-order chi connectivity index (χ1) is 9.65. The van der Waals surface area contributed by atoms with Gasteiger partial charge < -0.3 is 10.2 Å². The minimum atomic E-state index is 0.441. The number of hydrogen-bond acceptors (Lipinski definition) is 3. The monoisotopic (exact) mass is 352 g/mol. The molecular formula is C16H21BrN2S. The number of thiophene rings is 1. The molecule has 1 unspecified atom stereocenters. The fourth-order valence-corrected chi connectivity index (χ4v) is 3.11. The lowest BCUT2D eigenvalue weighted by molar-refractivity contribution is 0.319. The minimum absolute atomic E-state index is 0.441. The SMILES string of the molecule is CC(NCCN(C)Cc1ccc(Br)cc1)c1cccs1. The molecule has 1 N–H and O–H groups in total. The van der Waals surface area contributed by atoms with Gasteiger partial charge in [-0.2, -0.15) is 0 Å². The molecule has 2 aromatic rings. The Kier molecular flexibility index (Phi) is 6.23. The van der Waals surface area contributed by atoms with Crippen LogP contribution in [0.1, 0.15) is 23.4 Å². The van der Waals surface area contributed by atoms with E-state index in [4.69, 9.17) is 0 Å². The maximum Gasteiger partial charge on any atom is 0.0386 e. The third kappa shape index (κ3) is 5.02. The number of likely N-dealkylation sites (N-methyl/N-ethyl adjacent to an activating group) is 1. The van der Waals surface area contributed by atoms with E-state index in [-0.39, 0.29) is 0 Å². The van der Waals surface area contributed by atoms with E-state index in [1.165, 1.54) is 10.4 Å². The van der Waals surface area contributed by atoms with E-state index in [1.54, 1.807) is 0 Å². The molecule has 0 amide bonds. The van der Waals surface area contributed by atoms with Crippen LogP contribution in [0.2, 0.25) is 0 Å². The van der Waals surface area contributed by atoms with Gasteiger partial charge in [-0.05, 0) is 43.1 Å². The molecule has 0 bridgehead atoms. The summed E-state index contributed by atoms with van der Waals surface area (Å²) in [7, 11) is 2.17. The summed E-state index contributed by atoms with van der Waals surface area (Å²) >= 11 is 5.28. The van der Waals surface area contributed by atoms with E-state index in [2.05, 4.69) is 81.9 Å². The lowest BCUT2D eigenvalue weighted by atomic mass is 10.2. The summed E-state index contributed by atoms with van der Waals surface area (Å²) in [6, 6.07) is 13.3. The van der Waals surface area contributed by atoms with Crippen molar-refractivity contribution in [2.45, 2.75) is 19.5 Å². The highest BCUT2D eigenvalue weighted by Crippen LogP contribution is 2.17. The molecule has 2 rings (SSSR count). The second kappa shape index (κ2) is 7.93. The lowest BCUT2D eigenvalue weighted by Crippen LogP contribution is -2.30. The lowest BCUT2D eigenvalue weighted by Gasteiger charge is -2.19. The average Bonchev–Trinajstić information content (AvgIpc) is 2.95. The van der Waals surface area contributed by atoms with Gasteiger partial charge in [0.1, 0.15) is 0 Å². The molecule has 0 aliphatic heterocycles. The molecule has 4 heteroatoms. The second-order valence-corrected chi connectivity index (χ2v) is 6.95. The second-order valence-electron chi connectivity index (χ2n) is 5.06. The third-order valence-electron chi connectivity index (χ3n) is 3.28. The molecule has 108 valence electrons. The summed E-state index contributed by atoms with van der Waals surface area (Å²) in [5, 5.41) is 5.70. The third-order valence-corrected chi connectivity index (χ3v) is 4.86. The van der Waals surface area contributed by atoms with Gasteiger partial charge in [-0.25, -0.2) is 0 Å². The highest BCUT2D eigenvalue weighted by molar-refractivity contribution is 9.10. The Morgan fingerprint density at radius 1 is 1.25 bits per heavy atom. The molecule has 0 saturated carbocycles. The van der Waals surface area contributed by atoms with E-state index in [9.17, 15) is 0 Å². The number of benzene rings is 1. The summed E-state index contributed by atoms with van der Waals surface area (Å²) in [6.07, 6.45) is 0. The summed E-state index contributed by atoms with van der Waals surface area (Å²) in [5.41, 5.74) is 1.35. The number of rotatable bonds is 7. The van der Waals surface area contributed by atoms with Gasteiger partial charge in [0, 0.05) is 35.0 Å². The Bertz CT molecular complexity index is 496. The first-order valence-electron chi connectivity index (χ1n) is 6.85. The van der Waals surface area contributed by atoms with Gasteiger partial charge in [0.15, 0.2) is 0 Å². The van der Waals surface area contributed by atoms with E-state index >= 15 is 0 Å². The Hall–Kier alpha value is -0.680. The van der Waals surface area contributed by atoms with Crippen molar-refractivity contribution in [1.29, 1.82) is 0 Å². The van der Waals surface area contributed by atoms with Gasteiger partial charge in [-0.1, -0.05) is 34.1 Å². The molecule has 0 saturated heterocycles. The molecule has 0 aliphatic carbocycles. The summed E-state index contributed by atoms with van der Waals surface area (Å²) in [4.78, 5) is 3.75. The van der Waals surface area contributed by atoms with Crippen LogP contribution in [0.3, 0.4) is 0 Å². The Morgan fingerprint density at radius 2 is 2.00 bits per heavy atom. The Balaban J connectivity index is 1.70. The minimum Gasteiger partial charge on any atom is -0.308 e. The topological polar surface area (TPSA) is 15.3 Å². The first-order valence-corrected chi connectivity index (χ1v) is 8.52. The maximum absolute atomic E-state index is 3.57. The number of halogens is 1. The quantitative estimate of drug-likeness (QED) is 0.799. The van der Waals surface area contributed by atoms with Crippen LogP contribution >= 0.6 is 27.3 Å².